The van der Waals surface area contributed by atoms with Gasteiger partial charge in [-0.3, -0.25) is 0 Å². The van der Waals surface area contributed by atoms with Crippen molar-refractivity contribution in [1.82, 2.24) is 5.32 Å². The molecular formula is C15H19Cl2N. The molecule has 0 fully saturated rings. The van der Waals surface area contributed by atoms with Gasteiger partial charge in [0.2, 0.25) is 0 Å². The van der Waals surface area contributed by atoms with Crippen molar-refractivity contribution >= 4 is 28.8 Å². The molecule has 0 radical (unpaired) electrons. The highest BCUT2D eigenvalue weighted by molar-refractivity contribution is 6.30. The normalized spacial score (nSPS) is 19.7. The number of halogens is 2. The Labute approximate surface area is 119 Å². The minimum absolute atomic E-state index is 0.587. The maximum atomic E-state index is 5.92. The molecule has 1 heterocycles. The lowest BCUT2D eigenvalue weighted by molar-refractivity contribution is 0.483. The van der Waals surface area contributed by atoms with Crippen LogP contribution in [0.1, 0.15) is 31.2 Å². The molecular weight excluding hydrogens is 265 g/mol. The van der Waals surface area contributed by atoms with Gasteiger partial charge in [0.05, 0.1) is 0 Å². The molecule has 1 aromatic rings. The van der Waals surface area contributed by atoms with E-state index in [4.69, 9.17) is 23.2 Å². The van der Waals surface area contributed by atoms with Crippen molar-refractivity contribution in [1.29, 1.82) is 0 Å². The van der Waals surface area contributed by atoms with Crippen LogP contribution in [0.3, 0.4) is 0 Å². The van der Waals surface area contributed by atoms with Gasteiger partial charge in [-0.05, 0) is 42.5 Å². The number of hydrogen-bond acceptors (Lipinski definition) is 1. The Hall–Kier alpha value is -0.500. The lowest BCUT2D eigenvalue weighted by atomic mass is 9.93. The summed E-state index contributed by atoms with van der Waals surface area (Å²) in [4.78, 5) is 0. The van der Waals surface area contributed by atoms with Crippen LogP contribution in [0.5, 0.6) is 0 Å². The molecule has 1 nitrogen and oxygen atoms in total. The molecule has 18 heavy (non-hydrogen) atoms. The van der Waals surface area contributed by atoms with Crippen molar-refractivity contribution in [2.45, 2.75) is 31.7 Å². The van der Waals surface area contributed by atoms with E-state index in [0.717, 1.165) is 30.3 Å². The molecule has 1 atom stereocenters. The third-order valence-corrected chi connectivity index (χ3v) is 3.89. The highest BCUT2D eigenvalue weighted by atomic mass is 35.5. The van der Waals surface area contributed by atoms with Crippen molar-refractivity contribution in [2.75, 3.05) is 12.4 Å². The summed E-state index contributed by atoms with van der Waals surface area (Å²) in [6, 6.07) is 8.72. The predicted octanol–water partition coefficient (Wildman–Crippen LogP) is 4.49. The summed E-state index contributed by atoms with van der Waals surface area (Å²) in [5, 5.41) is 4.34. The lowest BCUT2D eigenvalue weighted by Crippen LogP contribution is -2.32. The fraction of sp³-hybridized carbons (Fsp3) is 0.467. The molecule has 1 aromatic carbocycles. The van der Waals surface area contributed by atoms with Crippen LogP contribution in [0.2, 0.25) is 5.02 Å². The first-order chi connectivity index (χ1) is 8.79. The topological polar surface area (TPSA) is 12.0 Å². The molecule has 1 aliphatic rings. The molecule has 1 aliphatic heterocycles. The van der Waals surface area contributed by atoms with Crippen LogP contribution >= 0.6 is 23.2 Å². The van der Waals surface area contributed by atoms with Crippen LogP contribution in [-0.2, 0) is 0 Å². The molecule has 0 spiro atoms. The van der Waals surface area contributed by atoms with Crippen LogP contribution in [0.25, 0.3) is 5.57 Å². The third-order valence-electron chi connectivity index (χ3n) is 3.37. The van der Waals surface area contributed by atoms with Crippen molar-refractivity contribution in [2.24, 2.45) is 0 Å². The summed E-state index contributed by atoms with van der Waals surface area (Å²) >= 11 is 11.6. The zero-order chi connectivity index (χ0) is 12.8. The maximum absolute atomic E-state index is 5.92. The smallest absolute Gasteiger partial charge is 0.0406 e. The van der Waals surface area contributed by atoms with Gasteiger partial charge in [-0.2, -0.15) is 0 Å². The summed E-state index contributed by atoms with van der Waals surface area (Å²) < 4.78 is 0. The van der Waals surface area contributed by atoms with E-state index in [1.165, 1.54) is 24.0 Å². The first-order valence-electron chi connectivity index (χ1n) is 6.54. The Balaban J connectivity index is 1.93. The summed E-state index contributed by atoms with van der Waals surface area (Å²) in [6.07, 6.45) is 6.90. The number of alkyl halides is 1. The second kappa shape index (κ2) is 7.18. The van der Waals surface area contributed by atoms with Crippen molar-refractivity contribution in [3.05, 3.63) is 40.9 Å². The molecule has 1 N–H and O–H groups in total. The van der Waals surface area contributed by atoms with E-state index in [0.29, 0.717) is 6.04 Å². The summed E-state index contributed by atoms with van der Waals surface area (Å²) in [5.41, 5.74) is 2.73. The standard InChI is InChI=1S/C15H19Cl2N/c16-9-2-1-3-15-11-13(8-10-18-15)12-4-6-14(17)7-5-12/h4-8,15,18H,1-3,9-11H2. The van der Waals surface area contributed by atoms with Gasteiger partial charge >= 0.3 is 0 Å². The van der Waals surface area contributed by atoms with E-state index in [-0.39, 0.29) is 0 Å². The van der Waals surface area contributed by atoms with Gasteiger partial charge in [-0.15, -0.1) is 11.6 Å². The zero-order valence-electron chi connectivity index (χ0n) is 10.5. The molecule has 2 rings (SSSR count). The van der Waals surface area contributed by atoms with Gasteiger partial charge in [0, 0.05) is 23.5 Å². The zero-order valence-corrected chi connectivity index (χ0v) is 12.0. The molecule has 0 saturated carbocycles. The molecule has 0 aromatic heterocycles. The Morgan fingerprint density at radius 2 is 1.94 bits per heavy atom. The summed E-state index contributed by atoms with van der Waals surface area (Å²) in [7, 11) is 0. The molecule has 3 heteroatoms. The van der Waals surface area contributed by atoms with Gasteiger partial charge in [0.15, 0.2) is 0 Å². The quantitative estimate of drug-likeness (QED) is 0.620. The van der Waals surface area contributed by atoms with Crippen LogP contribution in [-0.4, -0.2) is 18.5 Å². The first-order valence-corrected chi connectivity index (χ1v) is 7.45. The number of nitrogens with one attached hydrogen (secondary N) is 1. The Kier molecular flexibility index (Phi) is 5.55. The fourth-order valence-corrected chi connectivity index (χ4v) is 2.67. The third kappa shape index (κ3) is 4.01. The number of benzene rings is 1. The Morgan fingerprint density at radius 3 is 2.67 bits per heavy atom. The maximum Gasteiger partial charge on any atom is 0.0406 e. The van der Waals surface area contributed by atoms with Crippen LogP contribution in [0.4, 0.5) is 0 Å². The minimum atomic E-state index is 0.587. The second-order valence-electron chi connectivity index (χ2n) is 4.73. The monoisotopic (exact) mass is 283 g/mol. The number of unbranched alkanes of at least 4 members (excludes halogenated alkanes) is 1. The van der Waals surface area contributed by atoms with Gasteiger partial charge in [-0.1, -0.05) is 36.2 Å². The molecule has 1 unspecified atom stereocenters. The van der Waals surface area contributed by atoms with Gasteiger partial charge in [0.1, 0.15) is 0 Å². The van der Waals surface area contributed by atoms with Crippen LogP contribution in [0.15, 0.2) is 30.3 Å². The fourth-order valence-electron chi connectivity index (χ4n) is 2.36. The van der Waals surface area contributed by atoms with E-state index in [1.807, 2.05) is 12.1 Å². The molecule has 0 aliphatic carbocycles. The average molecular weight is 284 g/mol. The van der Waals surface area contributed by atoms with Crippen molar-refractivity contribution < 1.29 is 0 Å². The highest BCUT2D eigenvalue weighted by Gasteiger charge is 2.15. The second-order valence-corrected chi connectivity index (χ2v) is 5.54. The van der Waals surface area contributed by atoms with E-state index in [9.17, 15) is 0 Å². The van der Waals surface area contributed by atoms with E-state index in [1.54, 1.807) is 0 Å². The largest absolute Gasteiger partial charge is 0.310 e. The molecule has 0 amide bonds. The first kappa shape index (κ1) is 13.9. The highest BCUT2D eigenvalue weighted by Crippen LogP contribution is 2.25. The van der Waals surface area contributed by atoms with Gasteiger partial charge in [0.25, 0.3) is 0 Å². The number of rotatable bonds is 5. The van der Waals surface area contributed by atoms with E-state index >= 15 is 0 Å². The Bertz CT molecular complexity index is 397. The predicted molar refractivity (Wildman–Crippen MR) is 80.4 cm³/mol. The summed E-state index contributed by atoms with van der Waals surface area (Å²) in [5.74, 6) is 0.770. The molecule has 98 valence electrons. The minimum Gasteiger partial charge on any atom is -0.310 e. The molecule has 0 bridgehead atoms. The van der Waals surface area contributed by atoms with Crippen molar-refractivity contribution in [3.63, 3.8) is 0 Å². The molecule has 0 saturated heterocycles. The van der Waals surface area contributed by atoms with Gasteiger partial charge in [-0.25, -0.2) is 0 Å². The Morgan fingerprint density at radius 1 is 1.17 bits per heavy atom. The van der Waals surface area contributed by atoms with Crippen LogP contribution < -0.4 is 5.32 Å². The van der Waals surface area contributed by atoms with E-state index < -0.39 is 0 Å². The average Bonchev–Trinajstić information content (AvgIpc) is 2.40. The SMILES string of the molecule is ClCCCCC1CC(c2ccc(Cl)cc2)=CCN1. The summed E-state index contributed by atoms with van der Waals surface area (Å²) in [6.45, 7) is 0.962. The number of hydrogen-bond donors (Lipinski definition) is 1. The van der Waals surface area contributed by atoms with Crippen molar-refractivity contribution in [3.8, 4) is 0 Å². The van der Waals surface area contributed by atoms with Gasteiger partial charge < -0.3 is 5.32 Å². The lowest BCUT2D eigenvalue weighted by Gasteiger charge is -2.24. The van der Waals surface area contributed by atoms with Crippen LogP contribution in [0, 0.1) is 0 Å². The van der Waals surface area contributed by atoms with E-state index in [2.05, 4.69) is 23.5 Å².